The van der Waals surface area contributed by atoms with Gasteiger partial charge in [-0.25, -0.2) is 4.79 Å². The van der Waals surface area contributed by atoms with Crippen molar-refractivity contribution in [1.82, 2.24) is 14.7 Å². The number of hydrogen-bond donors (Lipinski definition) is 0. The quantitative estimate of drug-likeness (QED) is 0.741. The molecule has 6 nitrogen and oxygen atoms in total. The van der Waals surface area contributed by atoms with Crippen LogP contribution < -0.4 is 4.74 Å². The number of rotatable bonds is 6. The first-order valence-electron chi connectivity index (χ1n) is 9.38. The van der Waals surface area contributed by atoms with E-state index in [0.717, 1.165) is 38.8 Å². The third kappa shape index (κ3) is 6.40. The Kier molecular flexibility index (Phi) is 7.92. The summed E-state index contributed by atoms with van der Waals surface area (Å²) in [4.78, 5) is 30.5. The second-order valence-corrected chi connectivity index (χ2v) is 7.94. The SMILES string of the molecule is CN(C)CCN(C)C(=O)C1CCC(N(C)C(=O)Oc2ccc(Cl)cc2)CC1. The highest BCUT2D eigenvalue weighted by atomic mass is 35.5. The molecule has 27 heavy (non-hydrogen) atoms. The molecule has 0 atom stereocenters. The third-order valence-electron chi connectivity index (χ3n) is 5.16. The number of likely N-dealkylation sites (N-methyl/N-ethyl adjacent to an activating group) is 2. The molecule has 2 rings (SSSR count). The van der Waals surface area contributed by atoms with Gasteiger partial charge in [0, 0.05) is 44.2 Å². The zero-order chi connectivity index (χ0) is 20.0. The fourth-order valence-electron chi connectivity index (χ4n) is 3.31. The molecule has 2 amide bonds. The number of amides is 2. The van der Waals surface area contributed by atoms with Gasteiger partial charge in [-0.3, -0.25) is 4.79 Å². The van der Waals surface area contributed by atoms with E-state index in [0.29, 0.717) is 10.8 Å². The zero-order valence-corrected chi connectivity index (χ0v) is 17.4. The van der Waals surface area contributed by atoms with Crippen molar-refractivity contribution >= 4 is 23.6 Å². The molecule has 0 heterocycles. The Morgan fingerprint density at radius 3 is 2.15 bits per heavy atom. The average Bonchev–Trinajstić information content (AvgIpc) is 2.66. The molecule has 1 aliphatic carbocycles. The van der Waals surface area contributed by atoms with Gasteiger partial charge in [-0.1, -0.05) is 11.6 Å². The number of benzene rings is 1. The second kappa shape index (κ2) is 9.95. The van der Waals surface area contributed by atoms with Crippen molar-refractivity contribution in [1.29, 1.82) is 0 Å². The van der Waals surface area contributed by atoms with Crippen LogP contribution in [0.3, 0.4) is 0 Å². The molecule has 0 bridgehead atoms. The number of halogens is 1. The summed E-state index contributed by atoms with van der Waals surface area (Å²) in [6.45, 7) is 1.59. The summed E-state index contributed by atoms with van der Waals surface area (Å²) in [6.07, 6.45) is 2.84. The summed E-state index contributed by atoms with van der Waals surface area (Å²) in [5, 5.41) is 0.599. The van der Waals surface area contributed by atoms with Crippen molar-refractivity contribution in [3.05, 3.63) is 29.3 Å². The normalized spacial score (nSPS) is 19.6. The van der Waals surface area contributed by atoms with Crippen LogP contribution in [0.25, 0.3) is 0 Å². The first kappa shape index (κ1) is 21.5. The van der Waals surface area contributed by atoms with Gasteiger partial charge in [-0.15, -0.1) is 0 Å². The van der Waals surface area contributed by atoms with Crippen molar-refractivity contribution in [3.63, 3.8) is 0 Å². The predicted octanol–water partition coefficient (Wildman–Crippen LogP) is 3.35. The van der Waals surface area contributed by atoms with Crippen LogP contribution in [-0.2, 0) is 4.79 Å². The number of hydrogen-bond acceptors (Lipinski definition) is 4. The van der Waals surface area contributed by atoms with Crippen molar-refractivity contribution < 1.29 is 14.3 Å². The lowest BCUT2D eigenvalue weighted by molar-refractivity contribution is -0.135. The van der Waals surface area contributed by atoms with Crippen LogP contribution in [-0.4, -0.2) is 74.0 Å². The number of carbonyl (C=O) groups is 2. The third-order valence-corrected chi connectivity index (χ3v) is 5.41. The van der Waals surface area contributed by atoms with E-state index in [1.807, 2.05) is 26.0 Å². The van der Waals surface area contributed by atoms with Crippen molar-refractivity contribution in [3.8, 4) is 5.75 Å². The van der Waals surface area contributed by atoms with Gasteiger partial charge in [0.1, 0.15) is 5.75 Å². The van der Waals surface area contributed by atoms with Gasteiger partial charge >= 0.3 is 6.09 Å². The second-order valence-electron chi connectivity index (χ2n) is 7.50. The average molecular weight is 396 g/mol. The minimum atomic E-state index is -0.379. The molecule has 0 unspecified atom stereocenters. The summed E-state index contributed by atoms with van der Waals surface area (Å²) in [7, 11) is 7.63. The molecular formula is C20H30ClN3O3. The fourth-order valence-corrected chi connectivity index (χ4v) is 3.43. The van der Waals surface area contributed by atoms with Gasteiger partial charge in [0.05, 0.1) is 0 Å². The Balaban J connectivity index is 1.80. The Bertz CT molecular complexity index is 628. The van der Waals surface area contributed by atoms with Crippen LogP contribution in [0.4, 0.5) is 4.79 Å². The summed E-state index contributed by atoms with van der Waals surface area (Å²) in [5.41, 5.74) is 0. The Hall–Kier alpha value is -1.79. The Morgan fingerprint density at radius 2 is 1.59 bits per heavy atom. The van der Waals surface area contributed by atoms with Crippen LogP contribution in [0.2, 0.25) is 5.02 Å². The van der Waals surface area contributed by atoms with Crippen LogP contribution in [0.1, 0.15) is 25.7 Å². The standard InChI is InChI=1S/C20H30ClN3O3/c1-22(2)13-14-23(3)19(25)15-5-9-17(10-6-15)24(4)20(26)27-18-11-7-16(21)8-12-18/h7-8,11-12,15,17H,5-6,9-10,13-14H2,1-4H3. The molecular weight excluding hydrogens is 366 g/mol. The molecule has 0 spiro atoms. The first-order chi connectivity index (χ1) is 12.8. The van der Waals surface area contributed by atoms with Gasteiger partial charge in [0.2, 0.25) is 5.91 Å². The molecule has 0 N–H and O–H groups in total. The van der Waals surface area contributed by atoms with Crippen molar-refractivity contribution in [2.75, 3.05) is 41.3 Å². The highest BCUT2D eigenvalue weighted by Gasteiger charge is 2.31. The molecule has 1 fully saturated rings. The van der Waals surface area contributed by atoms with Crippen LogP contribution in [0, 0.1) is 5.92 Å². The summed E-state index contributed by atoms with van der Waals surface area (Å²) in [6, 6.07) is 6.82. The van der Waals surface area contributed by atoms with Crippen molar-refractivity contribution in [2.24, 2.45) is 5.92 Å². The van der Waals surface area contributed by atoms with E-state index in [2.05, 4.69) is 4.90 Å². The maximum Gasteiger partial charge on any atom is 0.415 e. The van der Waals surface area contributed by atoms with E-state index < -0.39 is 0 Å². The minimum Gasteiger partial charge on any atom is -0.410 e. The first-order valence-corrected chi connectivity index (χ1v) is 9.75. The smallest absolute Gasteiger partial charge is 0.410 e. The molecule has 1 aliphatic rings. The molecule has 150 valence electrons. The topological polar surface area (TPSA) is 53.1 Å². The Morgan fingerprint density at radius 1 is 1.00 bits per heavy atom. The lowest BCUT2D eigenvalue weighted by Crippen LogP contribution is -2.44. The largest absolute Gasteiger partial charge is 0.415 e. The molecule has 0 saturated heterocycles. The fraction of sp³-hybridized carbons (Fsp3) is 0.600. The predicted molar refractivity (Wildman–Crippen MR) is 107 cm³/mol. The number of ether oxygens (including phenoxy) is 1. The van der Waals surface area contributed by atoms with Crippen LogP contribution in [0.15, 0.2) is 24.3 Å². The molecule has 1 saturated carbocycles. The number of nitrogens with zero attached hydrogens (tertiary/aromatic N) is 3. The highest BCUT2D eigenvalue weighted by Crippen LogP contribution is 2.29. The minimum absolute atomic E-state index is 0.0501. The van der Waals surface area contributed by atoms with E-state index in [9.17, 15) is 9.59 Å². The van der Waals surface area contributed by atoms with Crippen LogP contribution in [0.5, 0.6) is 5.75 Å². The Labute approximate surface area is 167 Å². The van der Waals surface area contributed by atoms with E-state index in [1.165, 1.54) is 0 Å². The molecule has 1 aromatic rings. The van der Waals surface area contributed by atoms with Gasteiger partial charge < -0.3 is 19.4 Å². The zero-order valence-electron chi connectivity index (χ0n) is 16.7. The van der Waals surface area contributed by atoms with E-state index in [-0.39, 0.29) is 24.0 Å². The monoisotopic (exact) mass is 395 g/mol. The van der Waals surface area contributed by atoms with Crippen LogP contribution >= 0.6 is 11.6 Å². The van der Waals surface area contributed by atoms with E-state index in [4.69, 9.17) is 16.3 Å². The molecule has 0 aliphatic heterocycles. The van der Waals surface area contributed by atoms with Gasteiger partial charge in [0.25, 0.3) is 0 Å². The molecule has 0 radical (unpaired) electrons. The van der Waals surface area contributed by atoms with Gasteiger partial charge in [-0.2, -0.15) is 0 Å². The maximum absolute atomic E-state index is 12.6. The maximum atomic E-state index is 12.6. The summed E-state index contributed by atoms with van der Waals surface area (Å²) < 4.78 is 5.40. The lowest BCUT2D eigenvalue weighted by atomic mass is 9.84. The van der Waals surface area contributed by atoms with E-state index in [1.54, 1.807) is 36.2 Å². The van der Waals surface area contributed by atoms with Gasteiger partial charge in [0.15, 0.2) is 0 Å². The van der Waals surface area contributed by atoms with Gasteiger partial charge in [-0.05, 0) is 64.0 Å². The van der Waals surface area contributed by atoms with E-state index >= 15 is 0 Å². The molecule has 1 aromatic carbocycles. The molecule has 0 aromatic heterocycles. The van der Waals surface area contributed by atoms with Crippen molar-refractivity contribution in [2.45, 2.75) is 31.7 Å². The summed E-state index contributed by atoms with van der Waals surface area (Å²) in [5.74, 6) is 0.735. The highest BCUT2D eigenvalue weighted by molar-refractivity contribution is 6.30. The number of carbonyl (C=O) groups excluding carboxylic acids is 2. The molecule has 7 heteroatoms. The summed E-state index contributed by atoms with van der Waals surface area (Å²) >= 11 is 5.84. The lowest BCUT2D eigenvalue weighted by Gasteiger charge is -2.35.